The number of hydrogen-bond acceptors (Lipinski definition) is 3. The van der Waals surface area contributed by atoms with Crippen LogP contribution in [0.1, 0.15) is 10.4 Å². The maximum atomic E-state index is 12.4. The van der Waals surface area contributed by atoms with Crippen LogP contribution in [0.2, 0.25) is 0 Å². The van der Waals surface area contributed by atoms with E-state index in [1.807, 2.05) is 18.2 Å². The van der Waals surface area contributed by atoms with Crippen LogP contribution < -0.4 is 15.0 Å². The number of ether oxygens (including phenoxy) is 1. The molecule has 0 saturated carbocycles. The molecule has 0 unspecified atom stereocenters. The second kappa shape index (κ2) is 9.27. The van der Waals surface area contributed by atoms with Crippen LogP contribution in [0.5, 0.6) is 5.75 Å². The van der Waals surface area contributed by atoms with E-state index >= 15 is 0 Å². The number of nitrogens with one attached hydrogen (secondary N) is 2. The van der Waals surface area contributed by atoms with Crippen molar-refractivity contribution in [3.63, 3.8) is 0 Å². The summed E-state index contributed by atoms with van der Waals surface area (Å²) in [5, 5.41) is 2.75. The number of nitrogens with zero attached hydrogens (tertiary/aromatic N) is 1. The molecule has 1 aliphatic heterocycles. The van der Waals surface area contributed by atoms with E-state index in [9.17, 15) is 18.4 Å². The van der Waals surface area contributed by atoms with E-state index in [0.29, 0.717) is 37.4 Å². The lowest BCUT2D eigenvalue weighted by Gasteiger charge is -2.32. The molecule has 8 heteroatoms. The molecule has 0 bridgehead atoms. The fourth-order valence-electron chi connectivity index (χ4n) is 3.12. The summed E-state index contributed by atoms with van der Waals surface area (Å²) in [6.07, 6.45) is 0. The average Bonchev–Trinajstić information content (AvgIpc) is 2.70. The van der Waals surface area contributed by atoms with Crippen LogP contribution in [-0.2, 0) is 4.79 Å². The van der Waals surface area contributed by atoms with Gasteiger partial charge in [0.25, 0.3) is 11.8 Å². The van der Waals surface area contributed by atoms with E-state index in [4.69, 9.17) is 0 Å². The summed E-state index contributed by atoms with van der Waals surface area (Å²) in [4.78, 5) is 27.6. The first-order chi connectivity index (χ1) is 13.5. The maximum absolute atomic E-state index is 12.4. The van der Waals surface area contributed by atoms with E-state index in [2.05, 4.69) is 10.1 Å². The third kappa shape index (κ3) is 5.50. The Morgan fingerprint density at radius 3 is 2.29 bits per heavy atom. The zero-order chi connectivity index (χ0) is 19.9. The molecule has 2 aromatic rings. The van der Waals surface area contributed by atoms with Crippen LogP contribution >= 0.6 is 0 Å². The highest BCUT2D eigenvalue weighted by atomic mass is 19.3. The van der Waals surface area contributed by atoms with Crippen molar-refractivity contribution in [3.8, 4) is 5.75 Å². The lowest BCUT2D eigenvalue weighted by Crippen LogP contribution is -3.15. The molecule has 0 atom stereocenters. The zero-order valence-electron chi connectivity index (χ0n) is 15.2. The lowest BCUT2D eigenvalue weighted by molar-refractivity contribution is -0.895. The van der Waals surface area contributed by atoms with Crippen molar-refractivity contribution in [2.24, 2.45) is 0 Å². The van der Waals surface area contributed by atoms with Gasteiger partial charge in [0.1, 0.15) is 5.75 Å². The summed E-state index contributed by atoms with van der Waals surface area (Å²) in [5.74, 6) is -0.117. The molecule has 1 aliphatic rings. The van der Waals surface area contributed by atoms with Crippen molar-refractivity contribution >= 4 is 17.5 Å². The summed E-state index contributed by atoms with van der Waals surface area (Å²) in [5.41, 5.74) is 1.19. The molecule has 1 saturated heterocycles. The average molecular weight is 390 g/mol. The van der Waals surface area contributed by atoms with E-state index in [1.54, 1.807) is 17.0 Å². The number of carbonyl (C=O) groups excluding carboxylic acids is 2. The predicted octanol–water partition coefficient (Wildman–Crippen LogP) is 1.27. The van der Waals surface area contributed by atoms with Gasteiger partial charge >= 0.3 is 6.61 Å². The third-order valence-corrected chi connectivity index (χ3v) is 4.55. The van der Waals surface area contributed by atoms with Gasteiger partial charge in [-0.25, -0.2) is 0 Å². The van der Waals surface area contributed by atoms with Gasteiger partial charge in [0.05, 0.1) is 26.2 Å². The van der Waals surface area contributed by atoms with Gasteiger partial charge in [0.2, 0.25) is 0 Å². The van der Waals surface area contributed by atoms with Gasteiger partial charge in [0, 0.05) is 11.3 Å². The largest absolute Gasteiger partial charge is 0.435 e. The number of quaternary nitrogens is 1. The Bertz CT molecular complexity index is 792. The Balaban J connectivity index is 1.44. The van der Waals surface area contributed by atoms with E-state index < -0.39 is 6.61 Å². The number of benzene rings is 2. The number of anilines is 1. The van der Waals surface area contributed by atoms with Gasteiger partial charge in [-0.3, -0.25) is 9.59 Å². The first-order valence-electron chi connectivity index (χ1n) is 9.04. The first kappa shape index (κ1) is 19.8. The summed E-state index contributed by atoms with van der Waals surface area (Å²) in [7, 11) is 0. The highest BCUT2D eigenvalue weighted by Gasteiger charge is 2.25. The number of hydrogen-bond donors (Lipinski definition) is 2. The van der Waals surface area contributed by atoms with Crippen molar-refractivity contribution in [1.29, 1.82) is 0 Å². The molecule has 0 radical (unpaired) electrons. The number of piperazine rings is 1. The number of amides is 2. The summed E-state index contributed by atoms with van der Waals surface area (Å²) in [6.45, 7) is -0.0360. The van der Waals surface area contributed by atoms with Crippen LogP contribution in [0.15, 0.2) is 54.6 Å². The van der Waals surface area contributed by atoms with Crippen molar-refractivity contribution in [1.82, 2.24) is 4.90 Å². The van der Waals surface area contributed by atoms with Gasteiger partial charge in [-0.05, 0) is 36.4 Å². The number of carbonyl (C=O) groups is 2. The van der Waals surface area contributed by atoms with Gasteiger partial charge in [-0.2, -0.15) is 8.78 Å². The molecule has 0 spiro atoms. The molecule has 28 heavy (non-hydrogen) atoms. The van der Waals surface area contributed by atoms with Crippen molar-refractivity contribution in [2.45, 2.75) is 6.61 Å². The molecular weight excluding hydrogens is 368 g/mol. The number of rotatable bonds is 6. The van der Waals surface area contributed by atoms with Crippen LogP contribution in [0.4, 0.5) is 14.5 Å². The maximum Gasteiger partial charge on any atom is 0.387 e. The Labute approximate surface area is 161 Å². The first-order valence-corrected chi connectivity index (χ1v) is 9.04. The van der Waals surface area contributed by atoms with Gasteiger partial charge < -0.3 is 19.9 Å². The Kier molecular flexibility index (Phi) is 6.54. The van der Waals surface area contributed by atoms with E-state index in [1.165, 1.54) is 24.3 Å². The fourth-order valence-corrected chi connectivity index (χ4v) is 3.12. The quantitative estimate of drug-likeness (QED) is 0.781. The molecule has 0 aromatic heterocycles. The molecule has 1 heterocycles. The minimum atomic E-state index is -2.88. The zero-order valence-corrected chi connectivity index (χ0v) is 15.2. The third-order valence-electron chi connectivity index (χ3n) is 4.55. The predicted molar refractivity (Wildman–Crippen MR) is 99.6 cm³/mol. The van der Waals surface area contributed by atoms with Gasteiger partial charge in [-0.15, -0.1) is 0 Å². The van der Waals surface area contributed by atoms with Crippen molar-refractivity contribution < 1.29 is 28.0 Å². The Morgan fingerprint density at radius 1 is 1.04 bits per heavy atom. The SMILES string of the molecule is O=C(C[NH+]1CCN(C(=O)c2ccccc2)CC1)Nc1ccc(OC(F)F)cc1. The summed E-state index contributed by atoms with van der Waals surface area (Å²) < 4.78 is 28.6. The van der Waals surface area contributed by atoms with Crippen molar-refractivity contribution in [3.05, 3.63) is 60.2 Å². The van der Waals surface area contributed by atoms with Gasteiger partial charge in [-0.1, -0.05) is 18.2 Å². The number of alkyl halides is 2. The fraction of sp³-hybridized carbons (Fsp3) is 0.300. The molecule has 2 amide bonds. The topological polar surface area (TPSA) is 63.1 Å². The van der Waals surface area contributed by atoms with E-state index in [0.717, 1.165) is 4.90 Å². The van der Waals surface area contributed by atoms with Crippen molar-refractivity contribution in [2.75, 3.05) is 38.0 Å². The minimum Gasteiger partial charge on any atom is -0.435 e. The van der Waals surface area contributed by atoms with Crippen LogP contribution in [0.3, 0.4) is 0 Å². The van der Waals surface area contributed by atoms with Crippen LogP contribution in [-0.4, -0.2) is 56.0 Å². The van der Waals surface area contributed by atoms with E-state index in [-0.39, 0.29) is 24.1 Å². The summed E-state index contributed by atoms with van der Waals surface area (Å²) in [6, 6.07) is 14.9. The van der Waals surface area contributed by atoms with Crippen LogP contribution in [0, 0.1) is 0 Å². The molecule has 2 aromatic carbocycles. The van der Waals surface area contributed by atoms with Crippen LogP contribution in [0.25, 0.3) is 0 Å². The highest BCUT2D eigenvalue weighted by molar-refractivity contribution is 5.94. The standard InChI is InChI=1S/C20H21F2N3O3/c21-20(22)28-17-8-6-16(7-9-17)23-18(26)14-24-10-12-25(13-11-24)19(27)15-4-2-1-3-5-15/h1-9,20H,10-14H2,(H,23,26)/p+1. The second-order valence-electron chi connectivity index (χ2n) is 6.54. The lowest BCUT2D eigenvalue weighted by atomic mass is 10.2. The minimum absolute atomic E-state index is 0.00945. The summed E-state index contributed by atoms with van der Waals surface area (Å²) >= 11 is 0. The monoisotopic (exact) mass is 390 g/mol. The molecule has 148 valence electrons. The molecule has 6 nitrogen and oxygen atoms in total. The number of halogens is 2. The second-order valence-corrected chi connectivity index (χ2v) is 6.54. The molecule has 3 rings (SSSR count). The molecule has 0 aliphatic carbocycles. The molecule has 1 fully saturated rings. The highest BCUT2D eigenvalue weighted by Crippen LogP contribution is 2.17. The Morgan fingerprint density at radius 2 is 1.68 bits per heavy atom. The Hall–Kier alpha value is -3.00. The molecular formula is C20H22F2N3O3+. The normalized spacial score (nSPS) is 14.8. The smallest absolute Gasteiger partial charge is 0.387 e. The molecule has 2 N–H and O–H groups in total. The van der Waals surface area contributed by atoms with Gasteiger partial charge in [0.15, 0.2) is 6.54 Å².